The minimum Gasteiger partial charge on any atom is -0.313 e. The van der Waals surface area contributed by atoms with Gasteiger partial charge in [-0.2, -0.15) is 0 Å². The molecule has 13 heavy (non-hydrogen) atoms. The minimum absolute atomic E-state index is 0.983. The number of benzene rings is 1. The summed E-state index contributed by atoms with van der Waals surface area (Å²) < 4.78 is 0. The van der Waals surface area contributed by atoms with Crippen molar-refractivity contribution in [3.05, 3.63) is 48.6 Å². The van der Waals surface area contributed by atoms with E-state index in [0.717, 1.165) is 13.1 Å². The summed E-state index contributed by atoms with van der Waals surface area (Å²) in [5.41, 5.74) is 2.68. The first-order valence-corrected chi connectivity index (χ1v) is 4.59. The van der Waals surface area contributed by atoms with Crippen LogP contribution in [0.5, 0.6) is 0 Å². The smallest absolute Gasteiger partial charge is 0.0205 e. The minimum atomic E-state index is 0.983. The summed E-state index contributed by atoms with van der Waals surface area (Å²) in [7, 11) is 0. The second kappa shape index (κ2) is 7.56. The molecular formula is C12H19N. The van der Waals surface area contributed by atoms with Gasteiger partial charge in [0.1, 0.15) is 0 Å². The number of rotatable bonds is 3. The molecule has 0 unspecified atom stereocenters. The van der Waals surface area contributed by atoms with Gasteiger partial charge in [0, 0.05) is 6.54 Å². The maximum absolute atomic E-state index is 3.28. The fourth-order valence-corrected chi connectivity index (χ4v) is 0.975. The van der Waals surface area contributed by atoms with Crippen LogP contribution in [0.3, 0.4) is 0 Å². The Morgan fingerprint density at radius 1 is 1.15 bits per heavy atom. The molecule has 0 saturated carbocycles. The molecule has 0 aliphatic carbocycles. The third-order valence-electron chi connectivity index (χ3n) is 1.70. The van der Waals surface area contributed by atoms with Gasteiger partial charge in [0.2, 0.25) is 0 Å². The largest absolute Gasteiger partial charge is 0.313 e. The van der Waals surface area contributed by atoms with E-state index in [1.165, 1.54) is 11.1 Å². The fourth-order valence-electron chi connectivity index (χ4n) is 0.975. The normalized spacial score (nSPS) is 8.77. The van der Waals surface area contributed by atoms with E-state index in [4.69, 9.17) is 0 Å². The summed E-state index contributed by atoms with van der Waals surface area (Å²) in [5.74, 6) is 0. The van der Waals surface area contributed by atoms with Crippen LogP contribution in [0, 0.1) is 6.92 Å². The first-order valence-electron chi connectivity index (χ1n) is 4.59. The van der Waals surface area contributed by atoms with Gasteiger partial charge in [-0.05, 0) is 19.0 Å². The predicted molar refractivity (Wildman–Crippen MR) is 59.8 cm³/mol. The van der Waals surface area contributed by atoms with E-state index in [0.29, 0.717) is 0 Å². The zero-order valence-electron chi connectivity index (χ0n) is 8.64. The first-order chi connectivity index (χ1) is 6.33. The molecule has 0 heterocycles. The van der Waals surface area contributed by atoms with Crippen LogP contribution in [0.2, 0.25) is 0 Å². The Balaban J connectivity index is 0.000000671. The van der Waals surface area contributed by atoms with Crippen LogP contribution in [0.4, 0.5) is 0 Å². The van der Waals surface area contributed by atoms with E-state index in [-0.39, 0.29) is 0 Å². The standard InChI is InChI=1S/C10H15N.C2H4/c1-3-11-8-10-6-4-9(2)5-7-10;1-2/h4-7,11H,3,8H2,1-2H3;1-2H2. The van der Waals surface area contributed by atoms with Crippen LogP contribution in [0.25, 0.3) is 0 Å². The topological polar surface area (TPSA) is 12.0 Å². The predicted octanol–water partition coefficient (Wildman–Crippen LogP) is 2.91. The number of nitrogens with one attached hydrogen (secondary N) is 1. The van der Waals surface area contributed by atoms with Gasteiger partial charge in [-0.15, -0.1) is 13.2 Å². The molecule has 0 aromatic heterocycles. The summed E-state index contributed by atoms with van der Waals surface area (Å²) >= 11 is 0. The highest BCUT2D eigenvalue weighted by Crippen LogP contribution is 2.01. The molecule has 72 valence electrons. The van der Waals surface area contributed by atoms with Crippen molar-refractivity contribution in [2.45, 2.75) is 20.4 Å². The molecule has 0 spiro atoms. The molecule has 1 nitrogen and oxygen atoms in total. The highest BCUT2D eigenvalue weighted by Gasteiger charge is 1.88. The van der Waals surface area contributed by atoms with Crippen molar-refractivity contribution in [2.75, 3.05) is 6.54 Å². The third-order valence-corrected chi connectivity index (χ3v) is 1.70. The van der Waals surface area contributed by atoms with Crippen LogP contribution >= 0.6 is 0 Å². The first kappa shape index (κ1) is 11.9. The van der Waals surface area contributed by atoms with E-state index in [9.17, 15) is 0 Å². The lowest BCUT2D eigenvalue weighted by Crippen LogP contribution is -2.11. The van der Waals surface area contributed by atoms with Gasteiger partial charge in [-0.25, -0.2) is 0 Å². The number of hydrogen-bond donors (Lipinski definition) is 1. The molecular weight excluding hydrogens is 158 g/mol. The molecule has 0 aliphatic rings. The quantitative estimate of drug-likeness (QED) is 0.700. The Morgan fingerprint density at radius 2 is 1.69 bits per heavy atom. The molecule has 1 rings (SSSR count). The molecule has 0 radical (unpaired) electrons. The van der Waals surface area contributed by atoms with Crippen LogP contribution in [0.15, 0.2) is 37.4 Å². The fraction of sp³-hybridized carbons (Fsp3) is 0.333. The Labute approximate surface area is 81.5 Å². The van der Waals surface area contributed by atoms with Crippen molar-refractivity contribution in [1.29, 1.82) is 0 Å². The molecule has 0 fully saturated rings. The Morgan fingerprint density at radius 3 is 2.15 bits per heavy atom. The molecule has 0 saturated heterocycles. The van der Waals surface area contributed by atoms with Crippen molar-refractivity contribution in [3.63, 3.8) is 0 Å². The Bertz CT molecular complexity index is 213. The maximum Gasteiger partial charge on any atom is 0.0205 e. The highest BCUT2D eigenvalue weighted by molar-refractivity contribution is 5.20. The van der Waals surface area contributed by atoms with E-state index < -0.39 is 0 Å². The van der Waals surface area contributed by atoms with Crippen LogP contribution in [-0.2, 0) is 6.54 Å². The van der Waals surface area contributed by atoms with Gasteiger partial charge in [0.05, 0.1) is 0 Å². The molecule has 1 aromatic carbocycles. The second-order valence-electron chi connectivity index (χ2n) is 2.77. The van der Waals surface area contributed by atoms with E-state index in [1.54, 1.807) is 0 Å². The van der Waals surface area contributed by atoms with Gasteiger partial charge >= 0.3 is 0 Å². The van der Waals surface area contributed by atoms with Crippen molar-refractivity contribution >= 4 is 0 Å². The van der Waals surface area contributed by atoms with Gasteiger partial charge < -0.3 is 5.32 Å². The summed E-state index contributed by atoms with van der Waals surface area (Å²) in [4.78, 5) is 0. The Hall–Kier alpha value is -1.08. The lowest BCUT2D eigenvalue weighted by molar-refractivity contribution is 0.727. The molecule has 0 bridgehead atoms. The van der Waals surface area contributed by atoms with Crippen molar-refractivity contribution in [3.8, 4) is 0 Å². The molecule has 1 N–H and O–H groups in total. The average molecular weight is 177 g/mol. The van der Waals surface area contributed by atoms with Crippen molar-refractivity contribution in [2.24, 2.45) is 0 Å². The molecule has 0 atom stereocenters. The Kier molecular flexibility index (Phi) is 6.93. The monoisotopic (exact) mass is 177 g/mol. The summed E-state index contributed by atoms with van der Waals surface area (Å²) in [6, 6.07) is 8.62. The van der Waals surface area contributed by atoms with Gasteiger partial charge in [-0.1, -0.05) is 36.8 Å². The lowest BCUT2D eigenvalue weighted by Gasteiger charge is -2.01. The molecule has 1 heteroatoms. The van der Waals surface area contributed by atoms with Crippen molar-refractivity contribution in [1.82, 2.24) is 5.32 Å². The average Bonchev–Trinajstić information content (AvgIpc) is 2.20. The van der Waals surface area contributed by atoms with E-state index >= 15 is 0 Å². The summed E-state index contributed by atoms with van der Waals surface area (Å²) in [6.45, 7) is 12.2. The van der Waals surface area contributed by atoms with Crippen molar-refractivity contribution < 1.29 is 0 Å². The zero-order chi connectivity index (χ0) is 10.1. The van der Waals surface area contributed by atoms with Gasteiger partial charge in [0.15, 0.2) is 0 Å². The second-order valence-corrected chi connectivity index (χ2v) is 2.77. The maximum atomic E-state index is 3.28. The molecule has 1 aromatic rings. The highest BCUT2D eigenvalue weighted by atomic mass is 14.8. The summed E-state index contributed by atoms with van der Waals surface area (Å²) in [5, 5.41) is 3.28. The molecule has 0 aliphatic heterocycles. The van der Waals surface area contributed by atoms with E-state index in [2.05, 4.69) is 56.6 Å². The zero-order valence-corrected chi connectivity index (χ0v) is 8.64. The molecule has 0 amide bonds. The van der Waals surface area contributed by atoms with Crippen LogP contribution in [0.1, 0.15) is 18.1 Å². The van der Waals surface area contributed by atoms with E-state index in [1.807, 2.05) is 0 Å². The third kappa shape index (κ3) is 5.21. The van der Waals surface area contributed by atoms with Crippen LogP contribution in [-0.4, -0.2) is 6.54 Å². The summed E-state index contributed by atoms with van der Waals surface area (Å²) in [6.07, 6.45) is 0. The number of hydrogen-bond acceptors (Lipinski definition) is 1. The lowest BCUT2D eigenvalue weighted by atomic mass is 10.1. The number of aryl methyl sites for hydroxylation is 1. The van der Waals surface area contributed by atoms with Gasteiger partial charge in [0.25, 0.3) is 0 Å². The van der Waals surface area contributed by atoms with Crippen LogP contribution < -0.4 is 5.32 Å². The van der Waals surface area contributed by atoms with Gasteiger partial charge in [-0.3, -0.25) is 0 Å². The SMILES string of the molecule is C=C.CCNCc1ccc(C)cc1.